The van der Waals surface area contributed by atoms with Crippen molar-refractivity contribution in [2.75, 3.05) is 13.1 Å². The van der Waals surface area contributed by atoms with Gasteiger partial charge in [-0.25, -0.2) is 4.98 Å². The Hall–Kier alpha value is -1.98. The summed E-state index contributed by atoms with van der Waals surface area (Å²) in [6.07, 6.45) is 1.70. The highest BCUT2D eigenvalue weighted by molar-refractivity contribution is 7.13. The van der Waals surface area contributed by atoms with Crippen molar-refractivity contribution in [2.24, 2.45) is 0 Å². The molecule has 21 heavy (non-hydrogen) atoms. The van der Waals surface area contributed by atoms with Crippen LogP contribution in [0, 0.1) is 6.92 Å². The summed E-state index contributed by atoms with van der Waals surface area (Å²) < 4.78 is 0. The minimum absolute atomic E-state index is 0.0105. The van der Waals surface area contributed by atoms with Gasteiger partial charge in [0.25, 0.3) is 0 Å². The van der Waals surface area contributed by atoms with Gasteiger partial charge in [0.15, 0.2) is 0 Å². The Morgan fingerprint density at radius 1 is 1.43 bits per heavy atom. The van der Waals surface area contributed by atoms with Crippen molar-refractivity contribution in [2.45, 2.75) is 13.5 Å². The molecule has 1 N–H and O–H groups in total. The molecule has 5 heteroatoms. The predicted molar refractivity (Wildman–Crippen MR) is 85.4 cm³/mol. The zero-order valence-corrected chi connectivity index (χ0v) is 12.8. The van der Waals surface area contributed by atoms with Crippen molar-refractivity contribution in [3.05, 3.63) is 53.6 Å². The van der Waals surface area contributed by atoms with E-state index in [9.17, 15) is 4.79 Å². The maximum absolute atomic E-state index is 10.8. The summed E-state index contributed by atoms with van der Waals surface area (Å²) in [6.45, 7) is 6.75. The molecule has 0 amide bonds. The molecule has 0 aliphatic carbocycles. The number of carbonyl (C=O) groups is 1. The van der Waals surface area contributed by atoms with E-state index in [1.54, 1.807) is 22.3 Å². The Balaban J connectivity index is 2.09. The van der Waals surface area contributed by atoms with E-state index >= 15 is 0 Å². The second-order valence-electron chi connectivity index (χ2n) is 4.86. The zero-order valence-electron chi connectivity index (χ0n) is 12.0. The molecule has 0 saturated heterocycles. The summed E-state index contributed by atoms with van der Waals surface area (Å²) in [4.78, 5) is 17.2. The Morgan fingerprint density at radius 2 is 2.14 bits per heavy atom. The van der Waals surface area contributed by atoms with Crippen LogP contribution >= 0.6 is 11.3 Å². The number of thiazole rings is 1. The van der Waals surface area contributed by atoms with Gasteiger partial charge in [0.05, 0.1) is 12.2 Å². The van der Waals surface area contributed by atoms with Gasteiger partial charge in [0, 0.05) is 24.0 Å². The lowest BCUT2D eigenvalue weighted by Crippen LogP contribution is -2.29. The fraction of sp³-hybridized carbons (Fsp3) is 0.250. The molecule has 0 unspecified atom stereocenters. The fourth-order valence-electron chi connectivity index (χ4n) is 2.00. The zero-order chi connectivity index (χ0) is 15.2. The van der Waals surface area contributed by atoms with E-state index in [0.29, 0.717) is 13.1 Å². The molecule has 0 aliphatic rings. The fourth-order valence-corrected chi connectivity index (χ4v) is 2.81. The Bertz CT molecular complexity index is 619. The third kappa shape index (κ3) is 4.51. The maximum Gasteiger partial charge on any atom is 0.317 e. The molecule has 1 aromatic heterocycles. The standard InChI is InChI=1S/C16H18N2O2S/c1-3-8-18(10-15(19)20)9-14-11-21-16(17-14)13-6-4-12(2)5-7-13/h3-7,11H,1,8-10H2,2H3,(H,19,20). The van der Waals surface area contributed by atoms with Gasteiger partial charge in [0.1, 0.15) is 5.01 Å². The highest BCUT2D eigenvalue weighted by atomic mass is 32.1. The normalized spacial score (nSPS) is 10.8. The molecule has 0 saturated carbocycles. The van der Waals surface area contributed by atoms with Gasteiger partial charge in [-0.05, 0) is 6.92 Å². The largest absolute Gasteiger partial charge is 0.480 e. The smallest absolute Gasteiger partial charge is 0.317 e. The van der Waals surface area contributed by atoms with E-state index in [-0.39, 0.29) is 6.54 Å². The molecule has 0 fully saturated rings. The first kappa shape index (κ1) is 15.4. The number of nitrogens with zero attached hydrogens (tertiary/aromatic N) is 2. The van der Waals surface area contributed by atoms with Crippen LogP contribution in [0.2, 0.25) is 0 Å². The van der Waals surface area contributed by atoms with Crippen molar-refractivity contribution in [3.63, 3.8) is 0 Å². The number of rotatable bonds is 7. The highest BCUT2D eigenvalue weighted by Crippen LogP contribution is 2.24. The van der Waals surface area contributed by atoms with Crippen molar-refractivity contribution in [1.29, 1.82) is 0 Å². The molecule has 0 radical (unpaired) electrons. The first-order valence-corrected chi connectivity index (χ1v) is 7.53. The molecular weight excluding hydrogens is 284 g/mol. The molecule has 2 rings (SSSR count). The Morgan fingerprint density at radius 3 is 2.76 bits per heavy atom. The predicted octanol–water partition coefficient (Wildman–Crippen LogP) is 3.19. The van der Waals surface area contributed by atoms with Crippen LogP contribution < -0.4 is 0 Å². The summed E-state index contributed by atoms with van der Waals surface area (Å²) in [5.74, 6) is -0.842. The number of benzene rings is 1. The second-order valence-corrected chi connectivity index (χ2v) is 5.72. The van der Waals surface area contributed by atoms with Gasteiger partial charge in [-0.3, -0.25) is 9.69 Å². The van der Waals surface area contributed by atoms with Crippen LogP contribution in [0.3, 0.4) is 0 Å². The van der Waals surface area contributed by atoms with Crippen LogP contribution in [0.5, 0.6) is 0 Å². The number of carboxylic acid groups (broad SMARTS) is 1. The van der Waals surface area contributed by atoms with Crippen LogP contribution in [0.25, 0.3) is 10.6 Å². The number of hydrogen-bond donors (Lipinski definition) is 1. The van der Waals surface area contributed by atoms with E-state index in [4.69, 9.17) is 5.11 Å². The molecule has 1 heterocycles. The minimum Gasteiger partial charge on any atom is -0.480 e. The van der Waals surface area contributed by atoms with Crippen LogP contribution in [0.1, 0.15) is 11.3 Å². The first-order valence-electron chi connectivity index (χ1n) is 6.65. The van der Waals surface area contributed by atoms with E-state index in [1.165, 1.54) is 5.56 Å². The average molecular weight is 302 g/mol. The van der Waals surface area contributed by atoms with Crippen molar-refractivity contribution in [3.8, 4) is 10.6 Å². The van der Waals surface area contributed by atoms with Gasteiger partial charge >= 0.3 is 5.97 Å². The SMILES string of the molecule is C=CCN(CC(=O)O)Cc1csc(-c2ccc(C)cc2)n1. The second kappa shape index (κ2) is 7.15. The van der Waals surface area contributed by atoms with E-state index in [1.807, 2.05) is 5.38 Å². The number of carboxylic acids is 1. The van der Waals surface area contributed by atoms with Gasteiger partial charge in [-0.1, -0.05) is 35.9 Å². The van der Waals surface area contributed by atoms with Crippen LogP contribution in [-0.4, -0.2) is 34.0 Å². The lowest BCUT2D eigenvalue weighted by atomic mass is 10.2. The lowest BCUT2D eigenvalue weighted by molar-refractivity contribution is -0.138. The van der Waals surface area contributed by atoms with Gasteiger partial charge in [-0.2, -0.15) is 0 Å². The molecule has 4 nitrogen and oxygen atoms in total. The minimum atomic E-state index is -0.842. The van der Waals surface area contributed by atoms with Gasteiger partial charge < -0.3 is 5.11 Å². The third-order valence-corrected chi connectivity index (χ3v) is 3.92. The molecule has 0 atom stereocenters. The molecule has 110 valence electrons. The number of aliphatic carboxylic acids is 1. The Kier molecular flexibility index (Phi) is 5.25. The monoisotopic (exact) mass is 302 g/mol. The van der Waals surface area contributed by atoms with E-state index < -0.39 is 5.97 Å². The maximum atomic E-state index is 10.8. The summed E-state index contributed by atoms with van der Waals surface area (Å²) in [6, 6.07) is 8.23. The molecule has 2 aromatic rings. The van der Waals surface area contributed by atoms with E-state index in [0.717, 1.165) is 16.3 Å². The van der Waals surface area contributed by atoms with Crippen molar-refractivity contribution < 1.29 is 9.90 Å². The quantitative estimate of drug-likeness (QED) is 0.798. The molecule has 1 aromatic carbocycles. The van der Waals surface area contributed by atoms with Crippen LogP contribution in [-0.2, 0) is 11.3 Å². The van der Waals surface area contributed by atoms with Crippen molar-refractivity contribution >= 4 is 17.3 Å². The van der Waals surface area contributed by atoms with Crippen LogP contribution in [0.15, 0.2) is 42.3 Å². The van der Waals surface area contributed by atoms with Gasteiger partial charge in [0.2, 0.25) is 0 Å². The number of aryl methyl sites for hydroxylation is 1. The van der Waals surface area contributed by atoms with E-state index in [2.05, 4.69) is 42.8 Å². The summed E-state index contributed by atoms with van der Waals surface area (Å²) >= 11 is 1.58. The molecule has 0 spiro atoms. The molecular formula is C16H18N2O2S. The number of hydrogen-bond acceptors (Lipinski definition) is 4. The molecule has 0 aliphatic heterocycles. The number of aromatic nitrogens is 1. The highest BCUT2D eigenvalue weighted by Gasteiger charge is 2.11. The summed E-state index contributed by atoms with van der Waals surface area (Å²) in [5.41, 5.74) is 3.19. The average Bonchev–Trinajstić information content (AvgIpc) is 2.87. The van der Waals surface area contributed by atoms with Crippen LogP contribution in [0.4, 0.5) is 0 Å². The Labute approximate surface area is 128 Å². The van der Waals surface area contributed by atoms with Crippen molar-refractivity contribution in [1.82, 2.24) is 9.88 Å². The topological polar surface area (TPSA) is 53.4 Å². The lowest BCUT2D eigenvalue weighted by Gasteiger charge is -2.16. The first-order chi connectivity index (χ1) is 10.1. The third-order valence-electron chi connectivity index (χ3n) is 2.98. The summed E-state index contributed by atoms with van der Waals surface area (Å²) in [5, 5.41) is 11.8. The summed E-state index contributed by atoms with van der Waals surface area (Å²) in [7, 11) is 0. The molecule has 0 bridgehead atoms. The van der Waals surface area contributed by atoms with Gasteiger partial charge in [-0.15, -0.1) is 17.9 Å².